The number of carbonyl (C=O) groups excluding carboxylic acids is 3. The van der Waals surface area contributed by atoms with E-state index in [1.165, 1.54) is 19.9 Å². The van der Waals surface area contributed by atoms with Crippen molar-refractivity contribution in [2.45, 2.75) is 52.3 Å². The predicted octanol–water partition coefficient (Wildman–Crippen LogP) is 0.992. The number of fused-ring (bicyclic) bond motifs is 1. The first-order valence-corrected chi connectivity index (χ1v) is 8.46. The Bertz CT molecular complexity index is 694. The van der Waals surface area contributed by atoms with Crippen molar-refractivity contribution < 1.29 is 33.5 Å². The van der Waals surface area contributed by atoms with Crippen molar-refractivity contribution in [3.8, 4) is 5.75 Å². The number of carbonyl (C=O) groups is 3. The van der Waals surface area contributed by atoms with E-state index in [9.17, 15) is 19.4 Å². The predicted molar refractivity (Wildman–Crippen MR) is 92.2 cm³/mol. The van der Waals surface area contributed by atoms with Gasteiger partial charge in [0.1, 0.15) is 11.3 Å². The van der Waals surface area contributed by atoms with E-state index in [0.29, 0.717) is 24.8 Å². The van der Waals surface area contributed by atoms with Crippen LogP contribution in [0.15, 0.2) is 18.2 Å². The summed E-state index contributed by atoms with van der Waals surface area (Å²) in [5.74, 6) is -1.89. The lowest BCUT2D eigenvalue weighted by atomic mass is 9.72. The van der Waals surface area contributed by atoms with Gasteiger partial charge in [-0.1, -0.05) is 19.1 Å². The highest BCUT2D eigenvalue weighted by atomic mass is 16.7. The average molecular weight is 363 g/mol. The molecule has 0 fully saturated rings. The summed E-state index contributed by atoms with van der Waals surface area (Å²) in [6.07, 6.45) is 0.316. The zero-order valence-corrected chi connectivity index (χ0v) is 15.0. The SMILES string of the molecule is CCCC(=O)NC1Cc2cccc(C(=O)OC(C)OC(C)=O)c2OB1O. The van der Waals surface area contributed by atoms with Gasteiger partial charge in [-0.3, -0.25) is 9.59 Å². The number of hydrogen-bond acceptors (Lipinski definition) is 7. The molecule has 1 aliphatic heterocycles. The van der Waals surface area contributed by atoms with Gasteiger partial charge in [-0.15, -0.1) is 0 Å². The van der Waals surface area contributed by atoms with Gasteiger partial charge in [-0.05, 0) is 24.5 Å². The fourth-order valence-corrected chi connectivity index (χ4v) is 2.69. The second-order valence-corrected chi connectivity index (χ2v) is 6.01. The number of para-hydroxylation sites is 1. The van der Waals surface area contributed by atoms with Crippen LogP contribution in [0.2, 0.25) is 0 Å². The van der Waals surface area contributed by atoms with Gasteiger partial charge >= 0.3 is 19.1 Å². The zero-order valence-electron chi connectivity index (χ0n) is 15.0. The van der Waals surface area contributed by atoms with E-state index in [-0.39, 0.29) is 17.2 Å². The molecule has 2 rings (SSSR count). The molecule has 0 aromatic heterocycles. The molecule has 0 saturated heterocycles. The van der Waals surface area contributed by atoms with Gasteiger partial charge in [0.2, 0.25) is 12.2 Å². The number of esters is 2. The zero-order chi connectivity index (χ0) is 19.3. The van der Waals surface area contributed by atoms with Gasteiger partial charge in [0.15, 0.2) is 0 Å². The van der Waals surface area contributed by atoms with E-state index in [1.807, 2.05) is 6.92 Å². The molecule has 9 heteroatoms. The normalized spacial score (nSPS) is 16.8. The van der Waals surface area contributed by atoms with Crippen LogP contribution < -0.4 is 9.97 Å². The van der Waals surface area contributed by atoms with Gasteiger partial charge in [0, 0.05) is 20.3 Å². The third kappa shape index (κ3) is 4.98. The number of rotatable bonds is 6. The Labute approximate surface area is 152 Å². The summed E-state index contributed by atoms with van der Waals surface area (Å²) in [6.45, 7) is 4.52. The monoisotopic (exact) mass is 363 g/mol. The summed E-state index contributed by atoms with van der Waals surface area (Å²) in [6, 6.07) is 4.88. The maximum Gasteiger partial charge on any atom is 0.547 e. The molecule has 2 atom stereocenters. The molecule has 140 valence electrons. The minimum Gasteiger partial charge on any atom is -0.534 e. The molecule has 0 spiro atoms. The molecule has 0 radical (unpaired) electrons. The fraction of sp³-hybridized carbons (Fsp3) is 0.471. The highest BCUT2D eigenvalue weighted by Crippen LogP contribution is 2.31. The number of nitrogens with one attached hydrogen (secondary N) is 1. The maximum absolute atomic E-state index is 12.3. The topological polar surface area (TPSA) is 111 Å². The van der Waals surface area contributed by atoms with Crippen molar-refractivity contribution in [2.75, 3.05) is 0 Å². The van der Waals surface area contributed by atoms with Crippen LogP contribution in [0.3, 0.4) is 0 Å². The van der Waals surface area contributed by atoms with Crippen LogP contribution in [0.5, 0.6) is 5.75 Å². The van der Waals surface area contributed by atoms with Gasteiger partial charge < -0.3 is 24.5 Å². The van der Waals surface area contributed by atoms with Crippen LogP contribution in [0.4, 0.5) is 0 Å². The van der Waals surface area contributed by atoms with Crippen LogP contribution >= 0.6 is 0 Å². The molecule has 1 aromatic carbocycles. The van der Waals surface area contributed by atoms with Crippen molar-refractivity contribution in [2.24, 2.45) is 0 Å². The van der Waals surface area contributed by atoms with E-state index in [2.05, 4.69) is 5.32 Å². The largest absolute Gasteiger partial charge is 0.547 e. The summed E-state index contributed by atoms with van der Waals surface area (Å²) in [7, 11) is -1.29. The molecule has 1 amide bonds. The standard InChI is InChI=1S/C17H22BNO7/c1-4-6-15(21)19-14-9-12-7-5-8-13(16(12)26-18(14)23)17(22)25-11(3)24-10(2)20/h5,7-8,11,14,23H,4,6,9H2,1-3H3,(H,19,21). The first-order chi connectivity index (χ1) is 12.3. The first kappa shape index (κ1) is 19.8. The second kappa shape index (κ2) is 8.71. The number of hydrogen-bond donors (Lipinski definition) is 2. The highest BCUT2D eigenvalue weighted by molar-refractivity contribution is 6.47. The van der Waals surface area contributed by atoms with Gasteiger partial charge in [0.25, 0.3) is 0 Å². The molecular formula is C17H22BNO7. The fourth-order valence-electron chi connectivity index (χ4n) is 2.69. The van der Waals surface area contributed by atoms with Crippen LogP contribution in [0.25, 0.3) is 0 Å². The van der Waals surface area contributed by atoms with Gasteiger partial charge in [-0.2, -0.15) is 0 Å². The van der Waals surface area contributed by atoms with Crippen molar-refractivity contribution in [3.63, 3.8) is 0 Å². The summed E-state index contributed by atoms with van der Waals surface area (Å²) in [4.78, 5) is 35.0. The number of amides is 1. The van der Waals surface area contributed by atoms with E-state index in [4.69, 9.17) is 14.1 Å². The lowest BCUT2D eigenvalue weighted by Crippen LogP contribution is -2.53. The lowest BCUT2D eigenvalue weighted by Gasteiger charge is -2.29. The van der Waals surface area contributed by atoms with E-state index in [0.717, 1.165) is 0 Å². The first-order valence-electron chi connectivity index (χ1n) is 8.46. The van der Waals surface area contributed by atoms with Crippen LogP contribution in [-0.4, -0.2) is 42.2 Å². The molecular weight excluding hydrogens is 341 g/mol. The Kier molecular flexibility index (Phi) is 6.62. The van der Waals surface area contributed by atoms with E-state index < -0.39 is 31.3 Å². The smallest absolute Gasteiger partial charge is 0.534 e. The Balaban J connectivity index is 2.14. The molecule has 2 unspecified atom stereocenters. The Morgan fingerprint density at radius 2 is 2.12 bits per heavy atom. The Morgan fingerprint density at radius 1 is 1.38 bits per heavy atom. The molecule has 0 saturated carbocycles. The molecule has 26 heavy (non-hydrogen) atoms. The van der Waals surface area contributed by atoms with Crippen molar-refractivity contribution in [1.82, 2.24) is 5.32 Å². The summed E-state index contributed by atoms with van der Waals surface area (Å²) in [5, 5.41) is 12.9. The maximum atomic E-state index is 12.3. The average Bonchev–Trinajstić information content (AvgIpc) is 2.54. The molecule has 1 heterocycles. The number of ether oxygens (including phenoxy) is 2. The molecule has 1 aromatic rings. The summed E-state index contributed by atoms with van der Waals surface area (Å²) in [5.41, 5.74) is 0.769. The van der Waals surface area contributed by atoms with E-state index in [1.54, 1.807) is 12.1 Å². The molecule has 0 bridgehead atoms. The minimum atomic E-state index is -1.29. The van der Waals surface area contributed by atoms with Gasteiger partial charge in [0.05, 0.1) is 5.94 Å². The van der Waals surface area contributed by atoms with Crippen LogP contribution in [0, 0.1) is 0 Å². The lowest BCUT2D eigenvalue weighted by molar-refractivity contribution is -0.162. The third-order valence-corrected chi connectivity index (χ3v) is 3.77. The molecule has 2 N–H and O–H groups in total. The molecule has 1 aliphatic rings. The summed E-state index contributed by atoms with van der Waals surface area (Å²) >= 11 is 0. The third-order valence-electron chi connectivity index (χ3n) is 3.77. The molecule has 0 aliphatic carbocycles. The highest BCUT2D eigenvalue weighted by Gasteiger charge is 2.37. The van der Waals surface area contributed by atoms with Crippen molar-refractivity contribution in [1.29, 1.82) is 0 Å². The second-order valence-electron chi connectivity index (χ2n) is 6.01. The van der Waals surface area contributed by atoms with Crippen LogP contribution in [0.1, 0.15) is 49.5 Å². The van der Waals surface area contributed by atoms with E-state index >= 15 is 0 Å². The quantitative estimate of drug-likeness (QED) is 0.440. The Morgan fingerprint density at radius 3 is 2.77 bits per heavy atom. The number of benzene rings is 1. The Hall–Kier alpha value is -2.55. The van der Waals surface area contributed by atoms with Gasteiger partial charge in [-0.25, -0.2) is 4.79 Å². The molecule has 8 nitrogen and oxygen atoms in total. The summed E-state index contributed by atoms with van der Waals surface area (Å²) < 4.78 is 15.3. The van der Waals surface area contributed by atoms with Crippen molar-refractivity contribution >= 4 is 25.0 Å². The van der Waals surface area contributed by atoms with Crippen LogP contribution in [-0.2, 0) is 25.5 Å². The minimum absolute atomic E-state index is 0.110. The van der Waals surface area contributed by atoms with Crippen molar-refractivity contribution in [3.05, 3.63) is 29.3 Å².